The molecule has 4 rings (SSSR count). The minimum absolute atomic E-state index is 0.621. The molecule has 1 nitrogen and oxygen atoms in total. The maximum Gasteiger partial charge on any atom is 0.416 e. The average molecular weight is 346 g/mol. The topological polar surface area (TPSA) is 9.23 Å². The molecule has 0 aromatic heterocycles. The Bertz CT molecular complexity index is 859. The molecule has 0 spiro atoms. The van der Waals surface area contributed by atoms with Crippen molar-refractivity contribution in [3.63, 3.8) is 0 Å². The van der Waals surface area contributed by atoms with E-state index in [2.05, 4.69) is 0 Å². The van der Waals surface area contributed by atoms with Gasteiger partial charge in [0.25, 0.3) is 0 Å². The minimum atomic E-state index is -4.35. The highest BCUT2D eigenvalue weighted by molar-refractivity contribution is 8.17. The van der Waals surface area contributed by atoms with E-state index in [9.17, 15) is 13.2 Å². The van der Waals surface area contributed by atoms with Crippen LogP contribution in [0.1, 0.15) is 5.56 Å². The number of hydrogen-bond donors (Lipinski definition) is 1. The predicted octanol–water partition coefficient (Wildman–Crippen LogP) is 6.29. The van der Waals surface area contributed by atoms with Gasteiger partial charge >= 0.3 is 6.18 Å². The van der Waals surface area contributed by atoms with Crippen molar-refractivity contribution >= 4 is 10.9 Å². The van der Waals surface area contributed by atoms with Gasteiger partial charge in [0.15, 0.2) is 0 Å². The molecule has 0 saturated heterocycles. The predicted molar refractivity (Wildman–Crippen MR) is 88.2 cm³/mol. The summed E-state index contributed by atoms with van der Waals surface area (Å²) >= 11 is 0. The second-order valence-electron chi connectivity index (χ2n) is 5.42. The van der Waals surface area contributed by atoms with E-state index >= 15 is 0 Å². The zero-order valence-corrected chi connectivity index (χ0v) is 13.3. The first-order valence-electron chi connectivity index (χ1n) is 7.37. The lowest BCUT2D eigenvalue weighted by molar-refractivity contribution is -0.137. The second kappa shape index (κ2) is 5.60. The molecule has 122 valence electrons. The zero-order chi connectivity index (χ0) is 16.7. The van der Waals surface area contributed by atoms with Crippen LogP contribution < -0.4 is 4.74 Å². The van der Waals surface area contributed by atoms with E-state index in [-0.39, 0.29) is 0 Å². The summed E-state index contributed by atoms with van der Waals surface area (Å²) in [6.07, 6.45) is -4.35. The van der Waals surface area contributed by atoms with Crippen molar-refractivity contribution in [2.24, 2.45) is 0 Å². The van der Waals surface area contributed by atoms with Crippen LogP contribution in [0.15, 0.2) is 87.5 Å². The van der Waals surface area contributed by atoms with Gasteiger partial charge in [0.2, 0.25) is 0 Å². The van der Waals surface area contributed by atoms with Gasteiger partial charge in [0, 0.05) is 9.79 Å². The molecule has 0 amide bonds. The molecule has 0 saturated carbocycles. The highest BCUT2D eigenvalue weighted by Gasteiger charge is 2.32. The van der Waals surface area contributed by atoms with Crippen LogP contribution in [0.25, 0.3) is 0 Å². The van der Waals surface area contributed by atoms with Crippen LogP contribution in [-0.2, 0) is 6.18 Å². The summed E-state index contributed by atoms with van der Waals surface area (Å²) in [4.78, 5) is 2.54. The Hall–Kier alpha value is -2.40. The Morgan fingerprint density at radius 2 is 1.29 bits per heavy atom. The molecule has 0 atom stereocenters. The molecular weight excluding hydrogens is 333 g/mol. The van der Waals surface area contributed by atoms with E-state index in [0.717, 1.165) is 15.9 Å². The lowest BCUT2D eigenvalue weighted by Gasteiger charge is -2.31. The molecule has 24 heavy (non-hydrogen) atoms. The molecule has 5 heteroatoms. The van der Waals surface area contributed by atoms with Gasteiger partial charge in [-0.2, -0.15) is 24.1 Å². The van der Waals surface area contributed by atoms with Crippen LogP contribution in [0, 0.1) is 0 Å². The largest absolute Gasteiger partial charge is 0.455 e. The maximum absolute atomic E-state index is 13.1. The molecule has 1 aliphatic rings. The number of benzene rings is 3. The number of thiol groups is 1. The lowest BCUT2D eigenvalue weighted by Crippen LogP contribution is -2.06. The molecule has 1 heterocycles. The van der Waals surface area contributed by atoms with Crippen molar-refractivity contribution in [3.8, 4) is 11.5 Å². The number of fused-ring (bicyclic) bond motifs is 2. The van der Waals surface area contributed by atoms with Gasteiger partial charge in [0.05, 0.1) is 5.56 Å². The van der Waals surface area contributed by atoms with Gasteiger partial charge in [-0.3, -0.25) is 0 Å². The quantitative estimate of drug-likeness (QED) is 0.399. The van der Waals surface area contributed by atoms with Crippen molar-refractivity contribution in [1.82, 2.24) is 0 Å². The Balaban J connectivity index is 1.92. The molecule has 0 unspecified atom stereocenters. The van der Waals surface area contributed by atoms with Gasteiger partial charge in [-0.25, -0.2) is 0 Å². The average Bonchev–Trinajstić information content (AvgIpc) is 2.59. The third kappa shape index (κ3) is 2.55. The van der Waals surface area contributed by atoms with Crippen molar-refractivity contribution in [1.29, 1.82) is 0 Å². The zero-order valence-electron chi connectivity index (χ0n) is 12.4. The van der Waals surface area contributed by atoms with Gasteiger partial charge in [-0.1, -0.05) is 30.3 Å². The smallest absolute Gasteiger partial charge is 0.416 e. The SMILES string of the molecule is FC(F)(F)c1cccc([SH]2c3ccccc3Oc3ccccc32)c1. The van der Waals surface area contributed by atoms with Crippen molar-refractivity contribution in [2.75, 3.05) is 0 Å². The van der Waals surface area contributed by atoms with Crippen LogP contribution in [0.2, 0.25) is 0 Å². The third-order valence-electron chi connectivity index (χ3n) is 3.86. The number of alkyl halides is 3. The Morgan fingerprint density at radius 1 is 0.708 bits per heavy atom. The fourth-order valence-electron chi connectivity index (χ4n) is 2.80. The molecule has 0 fully saturated rings. The fourth-order valence-corrected chi connectivity index (χ4v) is 5.27. The van der Waals surface area contributed by atoms with Crippen LogP contribution in [0.5, 0.6) is 11.5 Å². The van der Waals surface area contributed by atoms with Gasteiger partial charge in [-0.05, 0) is 47.4 Å². The molecule has 3 aromatic carbocycles. The highest BCUT2D eigenvalue weighted by atomic mass is 32.2. The van der Waals surface area contributed by atoms with Crippen LogP contribution >= 0.6 is 10.9 Å². The first kappa shape index (κ1) is 15.1. The summed E-state index contributed by atoms with van der Waals surface area (Å²) in [5.41, 5.74) is -0.621. The molecule has 1 aliphatic heterocycles. The van der Waals surface area contributed by atoms with E-state index in [0.29, 0.717) is 16.4 Å². The first-order valence-corrected chi connectivity index (χ1v) is 8.71. The summed E-state index contributed by atoms with van der Waals surface area (Å²) in [6.45, 7) is 0. The molecule has 0 aliphatic carbocycles. The fraction of sp³-hybridized carbons (Fsp3) is 0.0526. The second-order valence-corrected chi connectivity index (χ2v) is 7.57. The molecule has 0 N–H and O–H groups in total. The Morgan fingerprint density at radius 3 is 1.88 bits per heavy atom. The molecule has 0 bridgehead atoms. The third-order valence-corrected chi connectivity index (χ3v) is 6.36. The van der Waals surface area contributed by atoms with Crippen molar-refractivity contribution < 1.29 is 17.9 Å². The molecule has 3 aromatic rings. The Kier molecular flexibility index (Phi) is 3.53. The monoisotopic (exact) mass is 346 g/mol. The van der Waals surface area contributed by atoms with E-state index in [1.807, 2.05) is 48.5 Å². The summed E-state index contributed by atoms with van der Waals surface area (Å²) in [6, 6.07) is 20.7. The highest BCUT2D eigenvalue weighted by Crippen LogP contribution is 2.61. The van der Waals surface area contributed by atoms with Crippen molar-refractivity contribution in [2.45, 2.75) is 20.9 Å². The number of para-hydroxylation sites is 2. The minimum Gasteiger partial charge on any atom is -0.455 e. The van der Waals surface area contributed by atoms with Crippen LogP contribution in [-0.4, -0.2) is 0 Å². The number of hydrogen-bond acceptors (Lipinski definition) is 1. The number of halogens is 3. The standard InChI is InChI=1S/C19H13F3OS/c20-19(21,22)13-6-5-7-14(12-13)24-17-10-3-1-8-15(17)23-16-9-2-4-11-18(16)24/h1-12,24H. The molecule has 0 radical (unpaired) electrons. The van der Waals surface area contributed by atoms with Gasteiger partial charge in [0.1, 0.15) is 11.5 Å². The number of rotatable bonds is 1. The first-order chi connectivity index (χ1) is 11.5. The van der Waals surface area contributed by atoms with Gasteiger partial charge in [-0.15, -0.1) is 0 Å². The summed E-state index contributed by atoms with van der Waals surface area (Å²) < 4.78 is 45.2. The number of ether oxygens (including phenoxy) is 1. The van der Waals surface area contributed by atoms with E-state index in [1.165, 1.54) is 12.1 Å². The maximum atomic E-state index is 13.1. The summed E-state index contributed by atoms with van der Waals surface area (Å²) in [5.74, 6) is 1.42. The summed E-state index contributed by atoms with van der Waals surface area (Å²) in [7, 11) is -1.09. The van der Waals surface area contributed by atoms with Crippen molar-refractivity contribution in [3.05, 3.63) is 78.4 Å². The Labute approximate surface area is 140 Å². The lowest BCUT2D eigenvalue weighted by atomic mass is 10.2. The van der Waals surface area contributed by atoms with E-state index in [4.69, 9.17) is 4.74 Å². The van der Waals surface area contributed by atoms with Gasteiger partial charge < -0.3 is 4.74 Å². The van der Waals surface area contributed by atoms with Crippen LogP contribution in [0.3, 0.4) is 0 Å². The summed E-state index contributed by atoms with van der Waals surface area (Å²) in [5, 5.41) is 0. The molecular formula is C19H13F3OS. The van der Waals surface area contributed by atoms with E-state index < -0.39 is 22.6 Å². The van der Waals surface area contributed by atoms with Crippen LogP contribution in [0.4, 0.5) is 13.2 Å². The normalized spacial score (nSPS) is 14.5. The van der Waals surface area contributed by atoms with E-state index in [1.54, 1.807) is 6.07 Å².